The number of rotatable bonds is 1. The van der Waals surface area contributed by atoms with Gasteiger partial charge in [-0.3, -0.25) is 0 Å². The Morgan fingerprint density at radius 3 is 2.77 bits per heavy atom. The highest BCUT2D eigenvalue weighted by Crippen LogP contribution is 2.16. The van der Waals surface area contributed by atoms with Gasteiger partial charge in [-0.2, -0.15) is 0 Å². The van der Waals surface area contributed by atoms with E-state index in [0.717, 1.165) is 26.8 Å². The van der Waals surface area contributed by atoms with E-state index in [2.05, 4.69) is 45.5 Å². The molecule has 0 atom stereocenters. The van der Waals surface area contributed by atoms with Crippen molar-refractivity contribution in [1.82, 2.24) is 9.97 Å². The molecular weight excluding hydrogens is 275 g/mol. The van der Waals surface area contributed by atoms with Crippen molar-refractivity contribution in [2.75, 3.05) is 0 Å². The number of fused-ring (bicyclic) bond motifs is 1. The molecule has 0 saturated heterocycles. The zero-order valence-corrected chi connectivity index (χ0v) is 9.45. The summed E-state index contributed by atoms with van der Waals surface area (Å²) in [6.45, 7) is 2.07. The second kappa shape index (κ2) is 3.57. The van der Waals surface area contributed by atoms with Crippen molar-refractivity contribution in [2.24, 2.45) is 0 Å². The molecule has 0 fully saturated rings. The van der Waals surface area contributed by atoms with E-state index in [1.54, 1.807) is 0 Å². The Morgan fingerprint density at radius 2 is 2.00 bits per heavy atom. The second-order valence-electron chi connectivity index (χ2n) is 2.80. The molecule has 2 rings (SSSR count). The highest BCUT2D eigenvalue weighted by Gasteiger charge is 2.02. The van der Waals surface area contributed by atoms with Gasteiger partial charge in [0, 0.05) is 11.8 Å². The summed E-state index contributed by atoms with van der Waals surface area (Å²) in [5.41, 5.74) is 1.04. The summed E-state index contributed by atoms with van der Waals surface area (Å²) in [6, 6.07) is 8.10. The van der Waals surface area contributed by atoms with Gasteiger partial charge in [0.25, 0.3) is 0 Å². The number of hydrogen-bond donors (Lipinski definition) is 0. The number of benzene rings is 1. The van der Waals surface area contributed by atoms with E-state index in [4.69, 9.17) is 0 Å². The summed E-state index contributed by atoms with van der Waals surface area (Å²) in [4.78, 5) is 8.83. The Hall–Kier alpha value is -0.710. The molecule has 0 N–H and O–H groups in total. The molecule has 2 aromatic rings. The van der Waals surface area contributed by atoms with Crippen molar-refractivity contribution in [3.05, 3.63) is 33.8 Å². The summed E-state index contributed by atoms with van der Waals surface area (Å²) < 4.78 is 1.04. The highest BCUT2D eigenvalue weighted by molar-refractivity contribution is 14.1. The molecule has 1 heterocycles. The van der Waals surface area contributed by atoms with Gasteiger partial charge >= 0.3 is 0 Å². The third-order valence-electron chi connectivity index (χ3n) is 1.92. The first-order valence-electron chi connectivity index (χ1n) is 4.22. The summed E-state index contributed by atoms with van der Waals surface area (Å²) in [5.74, 6) is 0.920. The van der Waals surface area contributed by atoms with Gasteiger partial charge in [-0.25, -0.2) is 9.97 Å². The zero-order valence-electron chi connectivity index (χ0n) is 7.29. The van der Waals surface area contributed by atoms with Crippen molar-refractivity contribution in [2.45, 2.75) is 13.3 Å². The van der Waals surface area contributed by atoms with Crippen LogP contribution in [0, 0.1) is 3.70 Å². The van der Waals surface area contributed by atoms with Crippen LogP contribution in [0.4, 0.5) is 0 Å². The third kappa shape index (κ3) is 1.65. The maximum atomic E-state index is 4.44. The average molecular weight is 284 g/mol. The summed E-state index contributed by atoms with van der Waals surface area (Å²) in [6.07, 6.45) is 0.890. The molecule has 3 heteroatoms. The number of aryl methyl sites for hydroxylation is 1. The number of nitrogens with zero attached hydrogens (tertiary/aromatic N) is 2. The molecule has 2 nitrogen and oxygen atoms in total. The van der Waals surface area contributed by atoms with Crippen LogP contribution in [-0.4, -0.2) is 9.97 Å². The van der Waals surface area contributed by atoms with Crippen molar-refractivity contribution in [1.29, 1.82) is 0 Å². The Labute approximate surface area is 90.5 Å². The summed E-state index contributed by atoms with van der Waals surface area (Å²) >= 11 is 2.26. The van der Waals surface area contributed by atoms with E-state index in [9.17, 15) is 0 Å². The average Bonchev–Trinajstić information content (AvgIpc) is 2.18. The Kier molecular flexibility index (Phi) is 2.44. The second-order valence-corrected chi connectivity index (χ2v) is 3.82. The smallest absolute Gasteiger partial charge is 0.129 e. The van der Waals surface area contributed by atoms with Crippen molar-refractivity contribution in [3.8, 4) is 0 Å². The SMILES string of the molecule is CCc1nc(I)c2ccccc2n1. The third-order valence-corrected chi connectivity index (χ3v) is 2.74. The Morgan fingerprint density at radius 1 is 1.23 bits per heavy atom. The van der Waals surface area contributed by atoms with Crippen LogP contribution in [-0.2, 0) is 6.42 Å². The number of halogens is 1. The lowest BCUT2D eigenvalue weighted by Gasteiger charge is -2.01. The maximum absolute atomic E-state index is 4.44. The Bertz CT molecular complexity index is 440. The van der Waals surface area contributed by atoms with Crippen LogP contribution in [0.5, 0.6) is 0 Å². The maximum Gasteiger partial charge on any atom is 0.129 e. The lowest BCUT2D eigenvalue weighted by atomic mass is 10.2. The van der Waals surface area contributed by atoms with Gasteiger partial charge in [0.2, 0.25) is 0 Å². The molecule has 0 saturated carbocycles. The predicted molar refractivity (Wildman–Crippen MR) is 61.6 cm³/mol. The highest BCUT2D eigenvalue weighted by atomic mass is 127. The van der Waals surface area contributed by atoms with E-state index in [1.807, 2.05) is 18.2 Å². The van der Waals surface area contributed by atoms with Gasteiger partial charge in [-0.1, -0.05) is 25.1 Å². The van der Waals surface area contributed by atoms with E-state index >= 15 is 0 Å². The lowest BCUT2D eigenvalue weighted by Crippen LogP contribution is -1.96. The fourth-order valence-electron chi connectivity index (χ4n) is 1.24. The first-order chi connectivity index (χ1) is 6.31. The zero-order chi connectivity index (χ0) is 9.26. The van der Waals surface area contributed by atoms with Crippen LogP contribution >= 0.6 is 22.6 Å². The van der Waals surface area contributed by atoms with Gasteiger partial charge in [-0.05, 0) is 28.7 Å². The largest absolute Gasteiger partial charge is 0.233 e. The molecule has 0 aliphatic heterocycles. The van der Waals surface area contributed by atoms with Crippen LogP contribution < -0.4 is 0 Å². The molecule has 0 radical (unpaired) electrons. The molecular formula is C10H9IN2. The quantitative estimate of drug-likeness (QED) is 0.594. The molecule has 13 heavy (non-hydrogen) atoms. The van der Waals surface area contributed by atoms with Gasteiger partial charge in [0.1, 0.15) is 9.53 Å². The van der Waals surface area contributed by atoms with E-state index < -0.39 is 0 Å². The normalized spacial score (nSPS) is 10.6. The van der Waals surface area contributed by atoms with E-state index in [1.165, 1.54) is 0 Å². The molecule has 0 spiro atoms. The first-order valence-corrected chi connectivity index (χ1v) is 5.30. The summed E-state index contributed by atoms with van der Waals surface area (Å²) in [5, 5.41) is 1.14. The Balaban J connectivity index is 2.77. The van der Waals surface area contributed by atoms with Gasteiger partial charge in [-0.15, -0.1) is 0 Å². The minimum atomic E-state index is 0.890. The molecule has 0 aliphatic carbocycles. The monoisotopic (exact) mass is 284 g/mol. The number of para-hydroxylation sites is 1. The van der Waals surface area contributed by atoms with Crippen LogP contribution in [0.1, 0.15) is 12.7 Å². The minimum absolute atomic E-state index is 0.890. The van der Waals surface area contributed by atoms with E-state index in [-0.39, 0.29) is 0 Å². The number of aromatic nitrogens is 2. The van der Waals surface area contributed by atoms with E-state index in [0.29, 0.717) is 0 Å². The van der Waals surface area contributed by atoms with Crippen molar-refractivity contribution < 1.29 is 0 Å². The van der Waals surface area contributed by atoms with Crippen molar-refractivity contribution in [3.63, 3.8) is 0 Å². The van der Waals surface area contributed by atoms with Gasteiger partial charge < -0.3 is 0 Å². The van der Waals surface area contributed by atoms with Crippen LogP contribution in [0.2, 0.25) is 0 Å². The van der Waals surface area contributed by atoms with Crippen LogP contribution in [0.3, 0.4) is 0 Å². The topological polar surface area (TPSA) is 25.8 Å². The number of hydrogen-bond acceptors (Lipinski definition) is 2. The molecule has 1 aromatic heterocycles. The predicted octanol–water partition coefficient (Wildman–Crippen LogP) is 2.80. The van der Waals surface area contributed by atoms with Gasteiger partial charge in [0.15, 0.2) is 0 Å². The fraction of sp³-hybridized carbons (Fsp3) is 0.200. The first kappa shape index (κ1) is 8.87. The molecule has 0 amide bonds. The summed E-state index contributed by atoms with van der Waals surface area (Å²) in [7, 11) is 0. The minimum Gasteiger partial charge on any atom is -0.233 e. The molecule has 0 unspecified atom stereocenters. The molecule has 0 aliphatic rings. The standard InChI is InChI=1S/C10H9IN2/c1-2-9-12-8-6-4-3-5-7(8)10(11)13-9/h3-6H,2H2,1H3. The molecule has 0 bridgehead atoms. The molecule has 66 valence electrons. The van der Waals surface area contributed by atoms with Crippen molar-refractivity contribution >= 4 is 33.5 Å². The lowest BCUT2D eigenvalue weighted by molar-refractivity contribution is 0.950. The fourth-order valence-corrected chi connectivity index (χ4v) is 1.98. The molecule has 1 aromatic carbocycles. The van der Waals surface area contributed by atoms with Gasteiger partial charge in [0.05, 0.1) is 5.52 Å². The van der Waals surface area contributed by atoms with Crippen LogP contribution in [0.25, 0.3) is 10.9 Å². The van der Waals surface area contributed by atoms with Crippen LogP contribution in [0.15, 0.2) is 24.3 Å².